The molecular weight excluding hydrogens is 306 g/mol. The Balaban J connectivity index is 1.92. The van der Waals surface area contributed by atoms with Gasteiger partial charge in [-0.2, -0.15) is 0 Å². The minimum absolute atomic E-state index is 0.132. The number of methoxy groups -OCH3 is 1. The molecule has 5 heteroatoms. The number of carbonyl (C=O) groups is 3. The topological polar surface area (TPSA) is 63.7 Å². The number of Topliss-reactive ketones (excluding diaryl/α,β-unsaturated/α-hetero) is 2. The largest absolute Gasteiger partial charge is 0.468 e. The van der Waals surface area contributed by atoms with E-state index in [2.05, 4.69) is 4.90 Å². The van der Waals surface area contributed by atoms with Crippen molar-refractivity contribution < 1.29 is 19.1 Å². The molecule has 5 nitrogen and oxygen atoms in total. The first-order chi connectivity index (χ1) is 11.6. The van der Waals surface area contributed by atoms with Crippen LogP contribution in [0.5, 0.6) is 0 Å². The third-order valence-corrected chi connectivity index (χ3v) is 5.36. The molecule has 2 heterocycles. The number of fused-ring (bicyclic) bond motifs is 4. The van der Waals surface area contributed by atoms with Gasteiger partial charge in [0.2, 0.25) is 0 Å². The monoisotopic (exact) mass is 325 g/mol. The predicted molar refractivity (Wildman–Crippen MR) is 86.0 cm³/mol. The molecule has 0 fully saturated rings. The third kappa shape index (κ3) is 2.04. The minimum Gasteiger partial charge on any atom is -0.468 e. The fourth-order valence-electron chi connectivity index (χ4n) is 4.32. The van der Waals surface area contributed by atoms with Crippen molar-refractivity contribution >= 4 is 17.5 Å². The number of carbonyl (C=O) groups excluding carboxylic acids is 3. The van der Waals surface area contributed by atoms with Crippen LogP contribution < -0.4 is 0 Å². The average molecular weight is 325 g/mol. The molecule has 1 aromatic rings. The second kappa shape index (κ2) is 5.58. The summed E-state index contributed by atoms with van der Waals surface area (Å²) in [6, 6.07) is 7.56. The molecule has 24 heavy (non-hydrogen) atoms. The van der Waals surface area contributed by atoms with Gasteiger partial charge in [-0.15, -0.1) is 0 Å². The highest BCUT2D eigenvalue weighted by Crippen LogP contribution is 2.46. The summed E-state index contributed by atoms with van der Waals surface area (Å²) in [6.07, 6.45) is 2.71. The van der Waals surface area contributed by atoms with Crippen molar-refractivity contribution in [2.45, 2.75) is 31.7 Å². The number of hydrogen-bond acceptors (Lipinski definition) is 5. The van der Waals surface area contributed by atoms with E-state index in [9.17, 15) is 14.4 Å². The Labute approximate surface area is 140 Å². The van der Waals surface area contributed by atoms with E-state index in [1.807, 2.05) is 24.3 Å². The average Bonchev–Trinajstić information content (AvgIpc) is 2.61. The molecule has 1 unspecified atom stereocenters. The van der Waals surface area contributed by atoms with Gasteiger partial charge >= 0.3 is 5.97 Å². The van der Waals surface area contributed by atoms with Crippen LogP contribution in [-0.2, 0) is 25.5 Å². The number of ether oxygens (including phenoxy) is 1. The molecule has 124 valence electrons. The first-order valence-corrected chi connectivity index (χ1v) is 8.36. The second-order valence-corrected chi connectivity index (χ2v) is 6.55. The van der Waals surface area contributed by atoms with Crippen LogP contribution in [0, 0.1) is 5.92 Å². The highest BCUT2D eigenvalue weighted by atomic mass is 16.5. The third-order valence-electron chi connectivity index (χ3n) is 5.36. The van der Waals surface area contributed by atoms with Crippen molar-refractivity contribution in [3.8, 4) is 0 Å². The molecule has 2 aliphatic heterocycles. The van der Waals surface area contributed by atoms with E-state index in [-0.39, 0.29) is 23.2 Å². The van der Waals surface area contributed by atoms with E-state index in [4.69, 9.17) is 4.74 Å². The number of rotatable bonds is 1. The van der Waals surface area contributed by atoms with Gasteiger partial charge in [0.1, 0.15) is 5.92 Å². The summed E-state index contributed by atoms with van der Waals surface area (Å²) in [5.74, 6) is -2.01. The maximum absolute atomic E-state index is 13.0. The van der Waals surface area contributed by atoms with Gasteiger partial charge < -0.3 is 9.64 Å². The Morgan fingerprint density at radius 3 is 2.75 bits per heavy atom. The van der Waals surface area contributed by atoms with Gasteiger partial charge in [0.15, 0.2) is 11.6 Å². The highest BCUT2D eigenvalue weighted by Gasteiger charge is 2.50. The lowest BCUT2D eigenvalue weighted by Crippen LogP contribution is -2.51. The van der Waals surface area contributed by atoms with Gasteiger partial charge in [-0.25, -0.2) is 0 Å². The fraction of sp³-hybridized carbons (Fsp3) is 0.421. The van der Waals surface area contributed by atoms with Crippen LogP contribution in [0.15, 0.2) is 35.5 Å². The Morgan fingerprint density at radius 1 is 1.17 bits per heavy atom. The number of nitrogens with zero attached hydrogens (tertiary/aromatic N) is 1. The van der Waals surface area contributed by atoms with Crippen molar-refractivity contribution in [3.05, 3.63) is 46.7 Å². The molecule has 0 spiro atoms. The molecule has 0 aromatic heterocycles. The zero-order valence-electron chi connectivity index (χ0n) is 13.6. The zero-order valence-corrected chi connectivity index (χ0v) is 13.6. The molecular formula is C19H19NO4. The minimum atomic E-state index is -0.961. The lowest BCUT2D eigenvalue weighted by molar-refractivity contribution is -0.152. The number of esters is 1. The molecule has 0 radical (unpaired) electrons. The number of allylic oxidation sites excluding steroid dienone is 2. The summed E-state index contributed by atoms with van der Waals surface area (Å²) in [6.45, 7) is 0.717. The zero-order chi connectivity index (χ0) is 16.8. The molecule has 1 aromatic carbocycles. The van der Waals surface area contributed by atoms with Crippen LogP contribution >= 0.6 is 0 Å². The summed E-state index contributed by atoms with van der Waals surface area (Å²) < 4.78 is 4.92. The van der Waals surface area contributed by atoms with Crippen molar-refractivity contribution in [1.82, 2.24) is 4.90 Å². The summed E-state index contributed by atoms with van der Waals surface area (Å²) in [5.41, 5.74) is 3.23. The van der Waals surface area contributed by atoms with Crippen LogP contribution in [0.2, 0.25) is 0 Å². The normalized spacial score (nSPS) is 25.8. The summed E-state index contributed by atoms with van der Waals surface area (Å²) in [4.78, 5) is 39.9. The predicted octanol–water partition coefficient (Wildman–Crippen LogP) is 1.96. The lowest BCUT2D eigenvalue weighted by atomic mass is 9.74. The van der Waals surface area contributed by atoms with Gasteiger partial charge in [0.05, 0.1) is 18.7 Å². The highest BCUT2D eigenvalue weighted by molar-refractivity contribution is 6.26. The van der Waals surface area contributed by atoms with Crippen LogP contribution in [0.4, 0.5) is 0 Å². The van der Waals surface area contributed by atoms with Gasteiger partial charge in [-0.1, -0.05) is 24.3 Å². The van der Waals surface area contributed by atoms with Gasteiger partial charge in [0.25, 0.3) is 0 Å². The maximum atomic E-state index is 13.0. The maximum Gasteiger partial charge on any atom is 0.319 e. The van der Waals surface area contributed by atoms with Crippen LogP contribution in [0.3, 0.4) is 0 Å². The Bertz CT molecular complexity index is 779. The van der Waals surface area contributed by atoms with E-state index < -0.39 is 11.9 Å². The lowest BCUT2D eigenvalue weighted by Gasteiger charge is -2.47. The Morgan fingerprint density at radius 2 is 1.96 bits per heavy atom. The molecule has 0 amide bonds. The van der Waals surface area contributed by atoms with Crippen molar-refractivity contribution in [2.75, 3.05) is 13.7 Å². The quantitative estimate of drug-likeness (QED) is 0.449. The van der Waals surface area contributed by atoms with Crippen LogP contribution in [-0.4, -0.2) is 36.1 Å². The van der Waals surface area contributed by atoms with Crippen LogP contribution in [0.1, 0.15) is 36.4 Å². The molecule has 0 saturated heterocycles. The Kier molecular flexibility index (Phi) is 3.52. The van der Waals surface area contributed by atoms with E-state index in [0.29, 0.717) is 13.0 Å². The number of ketones is 2. The molecule has 3 aliphatic rings. The van der Waals surface area contributed by atoms with E-state index in [1.165, 1.54) is 7.11 Å². The molecule has 0 bridgehead atoms. The van der Waals surface area contributed by atoms with E-state index in [0.717, 1.165) is 36.1 Å². The van der Waals surface area contributed by atoms with Gasteiger partial charge in [-0.3, -0.25) is 14.4 Å². The van der Waals surface area contributed by atoms with Crippen molar-refractivity contribution in [3.63, 3.8) is 0 Å². The molecule has 1 aliphatic carbocycles. The van der Waals surface area contributed by atoms with Crippen molar-refractivity contribution in [2.24, 2.45) is 5.92 Å². The van der Waals surface area contributed by atoms with E-state index in [1.54, 1.807) is 0 Å². The van der Waals surface area contributed by atoms with Gasteiger partial charge in [0, 0.05) is 18.7 Å². The number of hydrogen-bond donors (Lipinski definition) is 0. The molecule has 4 rings (SSSR count). The summed E-state index contributed by atoms with van der Waals surface area (Å²) in [5, 5.41) is 0. The first-order valence-electron chi connectivity index (χ1n) is 8.36. The molecule has 0 N–H and O–H groups in total. The smallest absolute Gasteiger partial charge is 0.319 e. The van der Waals surface area contributed by atoms with Crippen LogP contribution in [0.25, 0.3) is 0 Å². The number of benzene rings is 1. The summed E-state index contributed by atoms with van der Waals surface area (Å²) in [7, 11) is 1.29. The Hall–Kier alpha value is -2.43. The fourth-order valence-corrected chi connectivity index (χ4v) is 4.32. The standard InChI is InChI=1S/C19H19NO4/c1-24-19(23)16-17-12-6-3-2-5-11(12)9-10-20(17)13-7-4-8-14(21)15(13)18(16)22/h2-3,5-6,16-17H,4,7-10H2,1H3/t16?,17-/m0/s1. The van der Waals surface area contributed by atoms with Crippen molar-refractivity contribution in [1.29, 1.82) is 0 Å². The molecule has 2 atom stereocenters. The first kappa shape index (κ1) is 15.1. The van der Waals surface area contributed by atoms with E-state index >= 15 is 0 Å². The SMILES string of the molecule is COC(=O)C1C(=O)C2=C(CCCC2=O)N2CCc3ccccc3[C@@H]12. The summed E-state index contributed by atoms with van der Waals surface area (Å²) >= 11 is 0. The second-order valence-electron chi connectivity index (χ2n) is 6.55. The molecule has 0 saturated carbocycles. The van der Waals surface area contributed by atoms with Gasteiger partial charge in [-0.05, 0) is 30.4 Å².